The molecule has 0 atom stereocenters. The first kappa shape index (κ1) is 13.1. The molecule has 0 bridgehead atoms. The van der Waals surface area contributed by atoms with Crippen molar-refractivity contribution < 1.29 is 4.39 Å². The lowest BCUT2D eigenvalue weighted by Crippen LogP contribution is -2.01. The van der Waals surface area contributed by atoms with Crippen molar-refractivity contribution in [1.82, 2.24) is 0 Å². The third-order valence-electron chi connectivity index (χ3n) is 3.27. The van der Waals surface area contributed by atoms with Crippen molar-refractivity contribution in [1.29, 1.82) is 0 Å². The normalized spacial score (nSPS) is 10.7. The molecule has 1 nitrogen and oxygen atoms in total. The van der Waals surface area contributed by atoms with Crippen LogP contribution < -0.4 is 5.32 Å². The molecule has 0 aliphatic heterocycles. The molecule has 3 heteroatoms. The first-order valence-corrected chi connectivity index (χ1v) is 7.19. The summed E-state index contributed by atoms with van der Waals surface area (Å²) in [5, 5.41) is 5.73. The van der Waals surface area contributed by atoms with E-state index < -0.39 is 0 Å². The summed E-state index contributed by atoms with van der Waals surface area (Å²) in [4.78, 5) is 0. The molecular formula is C17H13BrFN. The number of fused-ring (bicyclic) bond motifs is 1. The lowest BCUT2D eigenvalue weighted by Gasteiger charge is -2.11. The van der Waals surface area contributed by atoms with Crippen LogP contribution in [0, 0.1) is 5.82 Å². The molecule has 0 aromatic heterocycles. The number of benzene rings is 3. The second-order valence-electron chi connectivity index (χ2n) is 4.62. The van der Waals surface area contributed by atoms with Crippen molar-refractivity contribution >= 4 is 32.4 Å². The lowest BCUT2D eigenvalue weighted by atomic mass is 10.1. The van der Waals surface area contributed by atoms with E-state index in [0.717, 1.165) is 15.7 Å². The summed E-state index contributed by atoms with van der Waals surface area (Å²) in [7, 11) is 0. The third kappa shape index (κ3) is 2.68. The maximum absolute atomic E-state index is 13.3. The SMILES string of the molecule is Fc1ccc(Br)c(CNc2cccc3ccccc23)c1. The first-order valence-electron chi connectivity index (χ1n) is 6.39. The molecule has 0 heterocycles. The molecule has 20 heavy (non-hydrogen) atoms. The van der Waals surface area contributed by atoms with Crippen LogP contribution in [0.2, 0.25) is 0 Å². The van der Waals surface area contributed by atoms with E-state index in [1.807, 2.05) is 24.3 Å². The molecule has 0 aliphatic carbocycles. The molecule has 0 radical (unpaired) electrons. The van der Waals surface area contributed by atoms with E-state index >= 15 is 0 Å². The van der Waals surface area contributed by atoms with E-state index in [4.69, 9.17) is 0 Å². The summed E-state index contributed by atoms with van der Waals surface area (Å²) in [6, 6.07) is 19.1. The van der Waals surface area contributed by atoms with Gasteiger partial charge in [0.25, 0.3) is 0 Å². The molecule has 3 aromatic rings. The van der Waals surface area contributed by atoms with Gasteiger partial charge in [-0.3, -0.25) is 0 Å². The molecule has 3 rings (SSSR count). The Kier molecular flexibility index (Phi) is 3.70. The zero-order chi connectivity index (χ0) is 13.9. The molecule has 1 N–H and O–H groups in total. The van der Waals surface area contributed by atoms with Gasteiger partial charge in [0.05, 0.1) is 0 Å². The van der Waals surface area contributed by atoms with Gasteiger partial charge in [0.2, 0.25) is 0 Å². The number of hydrogen-bond acceptors (Lipinski definition) is 1. The van der Waals surface area contributed by atoms with Gasteiger partial charge >= 0.3 is 0 Å². The maximum Gasteiger partial charge on any atom is 0.123 e. The van der Waals surface area contributed by atoms with Crippen molar-refractivity contribution in [3.63, 3.8) is 0 Å². The van der Waals surface area contributed by atoms with E-state index in [1.165, 1.54) is 16.8 Å². The Balaban J connectivity index is 1.89. The Morgan fingerprint density at radius 3 is 2.65 bits per heavy atom. The van der Waals surface area contributed by atoms with Crippen molar-refractivity contribution in [3.8, 4) is 0 Å². The first-order chi connectivity index (χ1) is 9.74. The average molecular weight is 330 g/mol. The lowest BCUT2D eigenvalue weighted by molar-refractivity contribution is 0.625. The number of halogens is 2. The van der Waals surface area contributed by atoms with Gasteiger partial charge < -0.3 is 5.32 Å². The van der Waals surface area contributed by atoms with E-state index in [-0.39, 0.29) is 5.82 Å². The second-order valence-corrected chi connectivity index (χ2v) is 5.47. The van der Waals surface area contributed by atoms with Crippen LogP contribution in [0.3, 0.4) is 0 Å². The monoisotopic (exact) mass is 329 g/mol. The highest BCUT2D eigenvalue weighted by molar-refractivity contribution is 9.10. The highest BCUT2D eigenvalue weighted by Gasteiger charge is 2.04. The van der Waals surface area contributed by atoms with Crippen molar-refractivity contribution in [3.05, 3.63) is 76.5 Å². The summed E-state index contributed by atoms with van der Waals surface area (Å²) >= 11 is 3.45. The molecule has 0 saturated carbocycles. The Labute approximate surface area is 125 Å². The van der Waals surface area contributed by atoms with Crippen LogP contribution in [-0.2, 0) is 6.54 Å². The third-order valence-corrected chi connectivity index (χ3v) is 4.04. The summed E-state index contributed by atoms with van der Waals surface area (Å²) in [6.07, 6.45) is 0. The van der Waals surface area contributed by atoms with Gasteiger partial charge in [0.1, 0.15) is 5.82 Å². The van der Waals surface area contributed by atoms with Gasteiger partial charge in [-0.2, -0.15) is 0 Å². The predicted octanol–water partition coefficient (Wildman–Crippen LogP) is 5.35. The van der Waals surface area contributed by atoms with Gasteiger partial charge in [-0.15, -0.1) is 0 Å². The van der Waals surface area contributed by atoms with Gasteiger partial charge in [-0.1, -0.05) is 52.3 Å². The van der Waals surface area contributed by atoms with Crippen molar-refractivity contribution in [2.24, 2.45) is 0 Å². The molecule has 0 fully saturated rings. The standard InChI is InChI=1S/C17H13BrFN/c18-16-9-8-14(19)10-13(16)11-20-17-7-3-5-12-4-1-2-6-15(12)17/h1-10,20H,11H2. The van der Waals surface area contributed by atoms with Gasteiger partial charge in [0, 0.05) is 22.1 Å². The van der Waals surface area contributed by atoms with Crippen LogP contribution in [0.5, 0.6) is 0 Å². The van der Waals surface area contributed by atoms with Gasteiger partial charge in [0.15, 0.2) is 0 Å². The molecule has 0 saturated heterocycles. The van der Waals surface area contributed by atoms with Crippen LogP contribution in [-0.4, -0.2) is 0 Å². The maximum atomic E-state index is 13.3. The van der Waals surface area contributed by atoms with Gasteiger partial charge in [-0.25, -0.2) is 4.39 Å². The number of rotatable bonds is 3. The fraction of sp³-hybridized carbons (Fsp3) is 0.0588. The molecule has 3 aromatic carbocycles. The van der Waals surface area contributed by atoms with E-state index in [9.17, 15) is 4.39 Å². The molecule has 100 valence electrons. The van der Waals surface area contributed by atoms with Crippen LogP contribution in [0.1, 0.15) is 5.56 Å². The van der Waals surface area contributed by atoms with Crippen LogP contribution in [0.25, 0.3) is 10.8 Å². The minimum atomic E-state index is -0.220. The number of nitrogens with one attached hydrogen (secondary N) is 1. The van der Waals surface area contributed by atoms with Gasteiger partial charge in [-0.05, 0) is 35.2 Å². The Bertz CT molecular complexity index is 750. The van der Waals surface area contributed by atoms with Crippen LogP contribution >= 0.6 is 15.9 Å². The Morgan fingerprint density at radius 2 is 1.75 bits per heavy atom. The number of hydrogen-bond donors (Lipinski definition) is 1. The molecule has 0 aliphatic rings. The molecule has 0 unspecified atom stereocenters. The fourth-order valence-corrected chi connectivity index (χ4v) is 2.64. The second kappa shape index (κ2) is 5.63. The van der Waals surface area contributed by atoms with E-state index in [2.05, 4.69) is 39.4 Å². The summed E-state index contributed by atoms with van der Waals surface area (Å²) in [5.41, 5.74) is 1.96. The largest absolute Gasteiger partial charge is 0.380 e. The van der Waals surface area contributed by atoms with Crippen LogP contribution in [0.4, 0.5) is 10.1 Å². The summed E-state index contributed by atoms with van der Waals surface area (Å²) in [6.45, 7) is 0.576. The minimum Gasteiger partial charge on any atom is -0.380 e. The minimum absolute atomic E-state index is 0.220. The summed E-state index contributed by atoms with van der Waals surface area (Å²) < 4.78 is 14.2. The zero-order valence-corrected chi connectivity index (χ0v) is 12.3. The summed E-state index contributed by atoms with van der Waals surface area (Å²) in [5.74, 6) is -0.220. The van der Waals surface area contributed by atoms with E-state index in [1.54, 1.807) is 12.1 Å². The highest BCUT2D eigenvalue weighted by Crippen LogP contribution is 2.25. The predicted molar refractivity (Wildman–Crippen MR) is 85.4 cm³/mol. The Hall–Kier alpha value is -1.87. The number of anilines is 1. The van der Waals surface area contributed by atoms with Crippen molar-refractivity contribution in [2.75, 3.05) is 5.32 Å². The smallest absolute Gasteiger partial charge is 0.123 e. The molecular weight excluding hydrogens is 317 g/mol. The average Bonchev–Trinajstić information content (AvgIpc) is 2.48. The highest BCUT2D eigenvalue weighted by atomic mass is 79.9. The Morgan fingerprint density at radius 1 is 0.950 bits per heavy atom. The van der Waals surface area contributed by atoms with Crippen molar-refractivity contribution in [2.45, 2.75) is 6.54 Å². The molecule has 0 amide bonds. The fourth-order valence-electron chi connectivity index (χ4n) is 2.25. The van der Waals surface area contributed by atoms with Crippen LogP contribution in [0.15, 0.2) is 65.1 Å². The quantitative estimate of drug-likeness (QED) is 0.682. The topological polar surface area (TPSA) is 12.0 Å². The molecule has 0 spiro atoms. The zero-order valence-electron chi connectivity index (χ0n) is 10.7. The van der Waals surface area contributed by atoms with E-state index in [0.29, 0.717) is 6.54 Å².